The third-order valence-electron chi connectivity index (χ3n) is 2.82. The minimum absolute atomic E-state index is 0.200. The summed E-state index contributed by atoms with van der Waals surface area (Å²) in [5.41, 5.74) is 1.36. The molecule has 21 heavy (non-hydrogen) atoms. The van der Waals surface area contributed by atoms with E-state index in [1.807, 2.05) is 0 Å². The third-order valence-corrected chi connectivity index (χ3v) is 3.06. The number of methoxy groups -OCH3 is 1. The van der Waals surface area contributed by atoms with Gasteiger partial charge in [-0.1, -0.05) is 11.6 Å². The van der Waals surface area contributed by atoms with Crippen molar-refractivity contribution in [3.63, 3.8) is 0 Å². The summed E-state index contributed by atoms with van der Waals surface area (Å²) in [4.78, 5) is 12.0. The van der Waals surface area contributed by atoms with E-state index in [0.29, 0.717) is 33.7 Å². The van der Waals surface area contributed by atoms with Crippen molar-refractivity contribution in [2.45, 2.75) is 13.8 Å². The number of aryl methyl sites for hydroxylation is 1. The summed E-state index contributed by atoms with van der Waals surface area (Å²) in [5.74, 6) is 1.46. The van der Waals surface area contributed by atoms with Crippen LogP contribution in [0, 0.1) is 6.92 Å². The third kappa shape index (κ3) is 3.89. The Kier molecular flexibility index (Phi) is 4.70. The highest BCUT2D eigenvalue weighted by Crippen LogP contribution is 2.28. The minimum atomic E-state index is -0.200. The number of carbonyl (C=O) groups is 1. The van der Waals surface area contributed by atoms with Crippen molar-refractivity contribution in [3.8, 4) is 5.75 Å². The van der Waals surface area contributed by atoms with Gasteiger partial charge < -0.3 is 14.5 Å². The summed E-state index contributed by atoms with van der Waals surface area (Å²) in [5, 5.41) is 3.68. The van der Waals surface area contributed by atoms with Crippen LogP contribution in [0.2, 0.25) is 5.02 Å². The highest BCUT2D eigenvalue weighted by Gasteiger charge is 2.09. The summed E-state index contributed by atoms with van der Waals surface area (Å²) in [6.45, 7) is 3.58. The van der Waals surface area contributed by atoms with Gasteiger partial charge in [-0.25, -0.2) is 0 Å². The molecule has 2 rings (SSSR count). The van der Waals surface area contributed by atoms with Gasteiger partial charge in [-0.2, -0.15) is 0 Å². The average molecular weight is 306 g/mol. The van der Waals surface area contributed by atoms with E-state index in [1.54, 1.807) is 51.3 Å². The van der Waals surface area contributed by atoms with Crippen LogP contribution in [-0.2, 0) is 0 Å². The monoisotopic (exact) mass is 305 g/mol. The van der Waals surface area contributed by atoms with Crippen molar-refractivity contribution < 1.29 is 13.9 Å². The van der Waals surface area contributed by atoms with Gasteiger partial charge in [0.25, 0.3) is 0 Å². The number of rotatable bonds is 5. The van der Waals surface area contributed by atoms with Crippen molar-refractivity contribution >= 4 is 23.1 Å². The second-order valence-electron chi connectivity index (χ2n) is 4.57. The second kappa shape index (κ2) is 6.50. The lowest BCUT2D eigenvalue weighted by Gasteiger charge is -2.11. The zero-order chi connectivity index (χ0) is 15.4. The maximum absolute atomic E-state index is 12.0. The van der Waals surface area contributed by atoms with Crippen LogP contribution in [0.4, 0.5) is 5.69 Å². The molecule has 0 atom stereocenters. The van der Waals surface area contributed by atoms with Crippen molar-refractivity contribution in [1.29, 1.82) is 0 Å². The first-order valence-corrected chi connectivity index (χ1v) is 6.77. The van der Waals surface area contributed by atoms with Crippen molar-refractivity contribution in [1.82, 2.24) is 0 Å². The molecule has 1 aromatic heterocycles. The lowest BCUT2D eigenvalue weighted by atomic mass is 10.2. The van der Waals surface area contributed by atoms with Gasteiger partial charge in [0.15, 0.2) is 5.76 Å². The van der Waals surface area contributed by atoms with Gasteiger partial charge in [0, 0.05) is 16.8 Å². The maximum atomic E-state index is 12.0. The standard InChI is InChI=1S/C16H16ClNO3/c1-10(8-14(19)16-6-4-11(2)21-16)18-13-9-12(17)5-7-15(13)20-3/h4-9,18H,1-3H3/b10-8+. The molecule has 0 amide bonds. The quantitative estimate of drug-likeness (QED) is 0.655. The molecule has 0 aliphatic heterocycles. The fraction of sp³-hybridized carbons (Fsp3) is 0.188. The Hall–Kier alpha value is -2.20. The van der Waals surface area contributed by atoms with E-state index in [1.165, 1.54) is 6.08 Å². The highest BCUT2D eigenvalue weighted by molar-refractivity contribution is 6.30. The van der Waals surface area contributed by atoms with Crippen LogP contribution < -0.4 is 10.1 Å². The first-order valence-electron chi connectivity index (χ1n) is 6.39. The molecule has 1 heterocycles. The Labute approximate surface area is 128 Å². The average Bonchev–Trinajstić information content (AvgIpc) is 2.85. The number of benzene rings is 1. The number of ketones is 1. The molecule has 0 radical (unpaired) electrons. The number of nitrogens with one attached hydrogen (secondary N) is 1. The van der Waals surface area contributed by atoms with E-state index in [4.69, 9.17) is 20.8 Å². The molecule has 2 aromatic rings. The predicted molar refractivity (Wildman–Crippen MR) is 83.2 cm³/mol. The summed E-state index contributed by atoms with van der Waals surface area (Å²) in [6.07, 6.45) is 1.47. The SMILES string of the molecule is COc1ccc(Cl)cc1N/C(C)=C/C(=O)c1ccc(C)o1. The smallest absolute Gasteiger partial charge is 0.222 e. The van der Waals surface area contributed by atoms with E-state index in [9.17, 15) is 4.79 Å². The van der Waals surface area contributed by atoms with Gasteiger partial charge in [0.05, 0.1) is 12.8 Å². The zero-order valence-corrected chi connectivity index (χ0v) is 12.8. The molecule has 0 aliphatic rings. The molecule has 0 spiro atoms. The Morgan fingerprint density at radius 3 is 2.71 bits per heavy atom. The Morgan fingerprint density at radius 1 is 1.33 bits per heavy atom. The van der Waals surface area contributed by atoms with Gasteiger partial charge in [-0.15, -0.1) is 0 Å². The Balaban J connectivity index is 2.17. The molecule has 1 N–H and O–H groups in total. The van der Waals surface area contributed by atoms with E-state index in [-0.39, 0.29) is 5.78 Å². The maximum Gasteiger partial charge on any atom is 0.222 e. The first-order chi connectivity index (χ1) is 9.99. The molecule has 4 nitrogen and oxygen atoms in total. The number of furan rings is 1. The van der Waals surface area contributed by atoms with Crippen molar-refractivity contribution in [2.24, 2.45) is 0 Å². The van der Waals surface area contributed by atoms with Crippen LogP contribution in [0.3, 0.4) is 0 Å². The fourth-order valence-electron chi connectivity index (χ4n) is 1.86. The van der Waals surface area contributed by atoms with Crippen LogP contribution in [0.5, 0.6) is 5.75 Å². The molecule has 110 valence electrons. The molecule has 0 fully saturated rings. The van der Waals surface area contributed by atoms with Crippen molar-refractivity contribution in [2.75, 3.05) is 12.4 Å². The number of ether oxygens (including phenoxy) is 1. The molecule has 0 unspecified atom stereocenters. The van der Waals surface area contributed by atoms with Crippen molar-refractivity contribution in [3.05, 3.63) is 58.6 Å². The summed E-state index contributed by atoms with van der Waals surface area (Å²) in [6, 6.07) is 8.64. The van der Waals surface area contributed by atoms with Crippen LogP contribution in [0.1, 0.15) is 23.2 Å². The molecule has 1 aromatic carbocycles. The Bertz CT molecular complexity index is 689. The topological polar surface area (TPSA) is 51.5 Å². The van der Waals surface area contributed by atoms with Gasteiger partial charge in [-0.3, -0.25) is 4.79 Å². The largest absolute Gasteiger partial charge is 0.495 e. The number of carbonyl (C=O) groups excluding carboxylic acids is 1. The van der Waals surface area contributed by atoms with Gasteiger partial charge in [0.1, 0.15) is 11.5 Å². The Morgan fingerprint density at radius 2 is 2.10 bits per heavy atom. The zero-order valence-electron chi connectivity index (χ0n) is 12.1. The lowest BCUT2D eigenvalue weighted by Crippen LogP contribution is -2.02. The van der Waals surface area contributed by atoms with E-state index >= 15 is 0 Å². The van der Waals surface area contributed by atoms with E-state index in [0.717, 1.165) is 0 Å². The number of hydrogen-bond acceptors (Lipinski definition) is 4. The number of anilines is 1. The number of halogens is 1. The minimum Gasteiger partial charge on any atom is -0.495 e. The van der Waals surface area contributed by atoms with Gasteiger partial charge >= 0.3 is 0 Å². The highest BCUT2D eigenvalue weighted by atomic mass is 35.5. The first kappa shape index (κ1) is 15.2. The summed E-state index contributed by atoms with van der Waals surface area (Å²) >= 11 is 5.96. The molecule has 0 saturated carbocycles. The summed E-state index contributed by atoms with van der Waals surface area (Å²) < 4.78 is 10.5. The van der Waals surface area contributed by atoms with Crippen LogP contribution in [-0.4, -0.2) is 12.9 Å². The van der Waals surface area contributed by atoms with E-state index < -0.39 is 0 Å². The number of allylic oxidation sites excluding steroid dienone is 2. The lowest BCUT2D eigenvalue weighted by molar-refractivity contribution is 0.102. The van der Waals surface area contributed by atoms with Gasteiger partial charge in [-0.05, 0) is 44.2 Å². The molecular formula is C16H16ClNO3. The molecular weight excluding hydrogens is 290 g/mol. The second-order valence-corrected chi connectivity index (χ2v) is 5.01. The normalized spacial score (nSPS) is 11.3. The number of hydrogen-bond donors (Lipinski definition) is 1. The fourth-order valence-corrected chi connectivity index (χ4v) is 2.03. The summed E-state index contributed by atoms with van der Waals surface area (Å²) in [7, 11) is 1.57. The van der Waals surface area contributed by atoms with Gasteiger partial charge in [0.2, 0.25) is 5.78 Å². The molecule has 0 bridgehead atoms. The molecule has 0 saturated heterocycles. The van der Waals surface area contributed by atoms with Crippen LogP contribution in [0.25, 0.3) is 0 Å². The molecule has 5 heteroatoms. The van der Waals surface area contributed by atoms with E-state index in [2.05, 4.69) is 5.32 Å². The van der Waals surface area contributed by atoms with Crippen LogP contribution >= 0.6 is 11.6 Å². The van der Waals surface area contributed by atoms with Crippen LogP contribution in [0.15, 0.2) is 46.5 Å². The predicted octanol–water partition coefficient (Wildman–Crippen LogP) is 4.45. The molecule has 0 aliphatic carbocycles.